The van der Waals surface area contributed by atoms with E-state index < -0.39 is 11.8 Å². The molecule has 0 fully saturated rings. The van der Waals surface area contributed by atoms with Gasteiger partial charge in [-0.15, -0.1) is 0 Å². The van der Waals surface area contributed by atoms with E-state index in [-0.39, 0.29) is 23.4 Å². The van der Waals surface area contributed by atoms with Gasteiger partial charge in [0.05, 0.1) is 17.1 Å². The summed E-state index contributed by atoms with van der Waals surface area (Å²) in [4.78, 5) is 18.0. The first kappa shape index (κ1) is 23.5. The number of hydrogen-bond donors (Lipinski definition) is 2. The van der Waals surface area contributed by atoms with Crippen molar-refractivity contribution in [2.24, 2.45) is 10.7 Å². The number of halogens is 1. The number of rotatable bonds is 5. The van der Waals surface area contributed by atoms with Gasteiger partial charge in [-0.2, -0.15) is 4.99 Å². The monoisotopic (exact) mass is 516 g/mol. The second kappa shape index (κ2) is 10.2. The zero-order valence-electron chi connectivity index (χ0n) is 18.9. The fourth-order valence-electron chi connectivity index (χ4n) is 3.42. The molecule has 0 unspecified atom stereocenters. The van der Waals surface area contributed by atoms with Gasteiger partial charge in [0.2, 0.25) is 11.6 Å². The average Bonchev–Trinajstić information content (AvgIpc) is 3.52. The van der Waals surface area contributed by atoms with Gasteiger partial charge in [0, 0.05) is 5.02 Å². The van der Waals surface area contributed by atoms with Crippen LogP contribution in [0.2, 0.25) is 5.02 Å². The summed E-state index contributed by atoms with van der Waals surface area (Å²) in [5, 5.41) is 20.8. The summed E-state index contributed by atoms with van der Waals surface area (Å²) in [6.07, 6.45) is 0. The number of benzene rings is 3. The molecule has 3 N–H and O–H groups in total. The normalized spacial score (nSPS) is 11.3. The van der Waals surface area contributed by atoms with Crippen molar-refractivity contribution in [3.63, 3.8) is 0 Å². The van der Waals surface area contributed by atoms with Crippen LogP contribution < -0.4 is 16.4 Å². The van der Waals surface area contributed by atoms with E-state index in [1.807, 2.05) is 6.07 Å². The Balaban J connectivity index is 1.57. The summed E-state index contributed by atoms with van der Waals surface area (Å²) in [6.45, 7) is 0. The lowest BCUT2D eigenvalue weighted by Gasteiger charge is -2.21. The van der Waals surface area contributed by atoms with Crippen LogP contribution in [-0.4, -0.2) is 32.1 Å². The van der Waals surface area contributed by atoms with E-state index >= 15 is 0 Å². The predicted octanol–water partition coefficient (Wildman–Crippen LogP) is 4.26. The third-order valence-electron chi connectivity index (χ3n) is 4.98. The van der Waals surface area contributed by atoms with E-state index in [2.05, 4.69) is 20.5 Å². The molecule has 2 heterocycles. The van der Waals surface area contributed by atoms with Gasteiger partial charge in [-0.1, -0.05) is 59.2 Å². The number of anilines is 2. The lowest BCUT2D eigenvalue weighted by atomic mass is 10.2. The highest BCUT2D eigenvalue weighted by molar-refractivity contribution is 6.30. The summed E-state index contributed by atoms with van der Waals surface area (Å²) >= 11 is 6.11. The number of para-hydroxylation sites is 2. The maximum absolute atomic E-state index is 12.6. The molecular weight excluding hydrogens is 500 g/mol. The molecule has 0 amide bonds. The van der Waals surface area contributed by atoms with Crippen molar-refractivity contribution < 1.29 is 13.9 Å². The fraction of sp³-hybridized carbons (Fsp3) is 0. The van der Waals surface area contributed by atoms with Crippen molar-refractivity contribution in [1.29, 1.82) is 5.41 Å². The summed E-state index contributed by atoms with van der Waals surface area (Å²) < 4.78 is 16.6. The first-order valence-electron chi connectivity index (χ1n) is 10.7. The average molecular weight is 517 g/mol. The van der Waals surface area contributed by atoms with E-state index in [1.54, 1.807) is 78.9 Å². The van der Waals surface area contributed by atoms with Gasteiger partial charge >= 0.3 is 11.8 Å². The van der Waals surface area contributed by atoms with Crippen LogP contribution in [0, 0.1) is 5.41 Å². The van der Waals surface area contributed by atoms with Crippen molar-refractivity contribution in [2.45, 2.75) is 0 Å². The van der Waals surface area contributed by atoms with Crippen LogP contribution in [0.5, 0.6) is 0 Å². The number of amidine groups is 2. The maximum Gasteiger partial charge on any atom is 0.446 e. The van der Waals surface area contributed by atoms with Gasteiger partial charge in [0.25, 0.3) is 6.02 Å². The number of aromatic nitrogens is 4. The van der Waals surface area contributed by atoms with Crippen LogP contribution in [0.15, 0.2) is 104 Å². The molecule has 13 heteroatoms. The second-order valence-electron chi connectivity index (χ2n) is 7.39. The van der Waals surface area contributed by atoms with Gasteiger partial charge in [-0.05, 0) is 52.8 Å². The zero-order chi connectivity index (χ0) is 25.8. The minimum Gasteiger partial charge on any atom is -0.392 e. The highest BCUT2D eigenvalue weighted by atomic mass is 35.5. The first-order valence-corrected chi connectivity index (χ1v) is 11.1. The second-order valence-corrected chi connectivity index (χ2v) is 7.82. The molecule has 0 radical (unpaired) electrons. The number of aliphatic imine (C=N–C) groups is 1. The van der Waals surface area contributed by atoms with Crippen molar-refractivity contribution >= 4 is 40.8 Å². The summed E-state index contributed by atoms with van der Waals surface area (Å²) in [5.41, 5.74) is 7.31. The molecule has 0 aliphatic heterocycles. The molecule has 0 aliphatic carbocycles. The Labute approximate surface area is 213 Å². The number of nitrogens with two attached hydrogens (primary N) is 1. The molecule has 12 nitrogen and oxygen atoms in total. The minimum atomic E-state index is -0.789. The molecule has 0 saturated heterocycles. The molecule has 5 aromatic rings. The van der Waals surface area contributed by atoms with Gasteiger partial charge in [-0.25, -0.2) is 18.9 Å². The molecule has 2 aromatic heterocycles. The van der Waals surface area contributed by atoms with Gasteiger partial charge in [0.1, 0.15) is 0 Å². The largest absolute Gasteiger partial charge is 0.446 e. The van der Waals surface area contributed by atoms with Crippen LogP contribution in [-0.2, 0) is 4.74 Å². The Morgan fingerprint density at radius 1 is 1.00 bits per heavy atom. The van der Waals surface area contributed by atoms with Crippen LogP contribution in [0.4, 0.5) is 17.2 Å². The third kappa shape index (κ3) is 4.94. The Morgan fingerprint density at radius 3 is 2.46 bits per heavy atom. The van der Waals surface area contributed by atoms with Gasteiger partial charge < -0.3 is 10.5 Å². The molecule has 0 aliphatic rings. The van der Waals surface area contributed by atoms with Gasteiger partial charge in [-0.3, -0.25) is 9.93 Å². The minimum absolute atomic E-state index is 0.0124. The Kier molecular flexibility index (Phi) is 6.46. The van der Waals surface area contributed by atoms with E-state index in [0.717, 1.165) is 4.57 Å². The summed E-state index contributed by atoms with van der Waals surface area (Å²) in [5.74, 6) is -0.848. The number of hydrogen-bond acceptors (Lipinski definition) is 9. The standard InChI is InChI=1S/C24H17ClN8O4/c25-15-8-7-13-18(14-15)33-20(30-36-24(33)34)19-21(31-37-29-19)32(17-11-5-2-6-12-17)23(27)35-22(26)28-16-9-3-1-4-10-16/h1-14,27H,(H2,26,28). The third-order valence-corrected chi connectivity index (χ3v) is 5.22. The number of nitrogens with one attached hydrogen (secondary N) is 1. The van der Waals surface area contributed by atoms with Crippen molar-refractivity contribution in [3.05, 3.63) is 101 Å². The van der Waals surface area contributed by atoms with Gasteiger partial charge in [0.15, 0.2) is 5.69 Å². The van der Waals surface area contributed by atoms with E-state index in [9.17, 15) is 4.79 Å². The predicted molar refractivity (Wildman–Crippen MR) is 136 cm³/mol. The van der Waals surface area contributed by atoms with Crippen molar-refractivity contribution in [3.8, 4) is 17.2 Å². The van der Waals surface area contributed by atoms with E-state index in [4.69, 9.17) is 36.6 Å². The fourth-order valence-corrected chi connectivity index (χ4v) is 3.61. The van der Waals surface area contributed by atoms with Crippen LogP contribution in [0.1, 0.15) is 0 Å². The molecule has 3 aromatic carbocycles. The van der Waals surface area contributed by atoms with Crippen LogP contribution in [0.3, 0.4) is 0 Å². The summed E-state index contributed by atoms with van der Waals surface area (Å²) in [6, 6.07) is 23.3. The van der Waals surface area contributed by atoms with Crippen molar-refractivity contribution in [1.82, 2.24) is 20.0 Å². The highest BCUT2D eigenvalue weighted by Crippen LogP contribution is 2.33. The molecule has 0 saturated carbocycles. The van der Waals surface area contributed by atoms with E-state index in [0.29, 0.717) is 22.1 Å². The molecule has 0 atom stereocenters. The Morgan fingerprint density at radius 2 is 1.73 bits per heavy atom. The molecular formula is C24H17ClN8O4. The molecule has 0 bridgehead atoms. The molecule has 0 spiro atoms. The maximum atomic E-state index is 12.6. The Bertz CT molecular complexity index is 1630. The summed E-state index contributed by atoms with van der Waals surface area (Å²) in [7, 11) is 0. The van der Waals surface area contributed by atoms with Crippen molar-refractivity contribution in [2.75, 3.05) is 4.90 Å². The van der Waals surface area contributed by atoms with Crippen LogP contribution in [0.25, 0.3) is 17.2 Å². The SMILES string of the molecule is N=C(OC(N)=Nc1ccccc1)N(c1ccccc1)c1nonc1-c1noc(=O)n1-c1cccc(Cl)c1. The number of nitrogens with zero attached hydrogens (tertiary/aromatic N) is 6. The molecule has 184 valence electrons. The Hall–Kier alpha value is -5.23. The lowest BCUT2D eigenvalue weighted by Crippen LogP contribution is -2.33. The topological polar surface area (TPSA) is 162 Å². The molecule has 37 heavy (non-hydrogen) atoms. The quantitative estimate of drug-likeness (QED) is 0.256. The van der Waals surface area contributed by atoms with E-state index in [1.165, 1.54) is 4.90 Å². The highest BCUT2D eigenvalue weighted by Gasteiger charge is 2.30. The van der Waals surface area contributed by atoms with Crippen LogP contribution >= 0.6 is 11.6 Å². The smallest absolute Gasteiger partial charge is 0.392 e. The molecule has 5 rings (SSSR count). The first-order chi connectivity index (χ1) is 18.0. The number of ether oxygens (including phenoxy) is 1. The lowest BCUT2D eigenvalue weighted by molar-refractivity contribution is 0.309. The zero-order valence-corrected chi connectivity index (χ0v) is 19.6.